The van der Waals surface area contributed by atoms with E-state index in [0.717, 1.165) is 5.69 Å². The fourth-order valence-electron chi connectivity index (χ4n) is 1.62. The van der Waals surface area contributed by atoms with Gasteiger partial charge in [-0.3, -0.25) is 0 Å². The summed E-state index contributed by atoms with van der Waals surface area (Å²) in [5.74, 6) is 0. The van der Waals surface area contributed by atoms with E-state index < -0.39 is 12.6 Å². The summed E-state index contributed by atoms with van der Waals surface area (Å²) in [5.41, 5.74) is 1.02. The van der Waals surface area contributed by atoms with Crippen molar-refractivity contribution in [2.24, 2.45) is 0 Å². The quantitative estimate of drug-likeness (QED) is 0.828. The highest BCUT2D eigenvalue weighted by atomic mass is 19.4. The number of nitrogens with zero attached hydrogens (tertiary/aromatic N) is 1. The molecule has 1 aromatic heterocycles. The van der Waals surface area contributed by atoms with Gasteiger partial charge >= 0.3 is 6.18 Å². The van der Waals surface area contributed by atoms with Crippen molar-refractivity contribution in [1.82, 2.24) is 9.88 Å². The Morgan fingerprint density at radius 3 is 2.69 bits per heavy atom. The van der Waals surface area contributed by atoms with Crippen LogP contribution in [0, 0.1) is 0 Å². The number of rotatable bonds is 5. The Morgan fingerprint density at radius 2 is 2.12 bits per heavy atom. The molecule has 1 rings (SSSR count). The van der Waals surface area contributed by atoms with Crippen molar-refractivity contribution in [3.05, 3.63) is 24.0 Å². The van der Waals surface area contributed by atoms with Crippen LogP contribution >= 0.6 is 0 Å². The number of hydrogen-bond acceptors (Lipinski definition) is 1. The van der Waals surface area contributed by atoms with Crippen LogP contribution in [0.25, 0.3) is 0 Å². The van der Waals surface area contributed by atoms with E-state index in [9.17, 15) is 13.2 Å². The van der Waals surface area contributed by atoms with Gasteiger partial charge in [0.05, 0.1) is 0 Å². The van der Waals surface area contributed by atoms with E-state index in [1.807, 2.05) is 36.9 Å². The van der Waals surface area contributed by atoms with E-state index in [0.29, 0.717) is 6.54 Å². The highest BCUT2D eigenvalue weighted by Crippen LogP contribution is 2.22. The number of nitrogens with one attached hydrogen (secondary N) is 1. The van der Waals surface area contributed by atoms with Crippen molar-refractivity contribution < 1.29 is 13.2 Å². The highest BCUT2D eigenvalue weighted by Gasteiger charge is 2.26. The smallest absolute Gasteiger partial charge is 0.350 e. The lowest BCUT2D eigenvalue weighted by atomic mass is 10.2. The topological polar surface area (TPSA) is 17.0 Å². The molecular weight excluding hydrogens is 217 g/mol. The van der Waals surface area contributed by atoms with Gasteiger partial charge in [-0.15, -0.1) is 0 Å². The van der Waals surface area contributed by atoms with Gasteiger partial charge in [0.1, 0.15) is 0 Å². The fraction of sp³-hybridized carbons (Fsp3) is 0.636. The molecule has 5 heteroatoms. The predicted octanol–water partition coefficient (Wildman–Crippen LogP) is 3.11. The third kappa shape index (κ3) is 3.89. The van der Waals surface area contributed by atoms with E-state index in [1.54, 1.807) is 0 Å². The summed E-state index contributed by atoms with van der Waals surface area (Å²) < 4.78 is 37.8. The molecule has 0 saturated heterocycles. The van der Waals surface area contributed by atoms with Crippen LogP contribution in [0.1, 0.15) is 31.5 Å². The van der Waals surface area contributed by atoms with E-state index >= 15 is 0 Å². The van der Waals surface area contributed by atoms with Crippen molar-refractivity contribution in [3.8, 4) is 0 Å². The third-order valence-electron chi connectivity index (χ3n) is 2.60. The van der Waals surface area contributed by atoms with Crippen LogP contribution in [-0.4, -0.2) is 17.8 Å². The summed E-state index contributed by atoms with van der Waals surface area (Å²) in [6.45, 7) is 2.39. The van der Waals surface area contributed by atoms with Crippen molar-refractivity contribution in [1.29, 1.82) is 0 Å². The van der Waals surface area contributed by atoms with Gasteiger partial charge in [-0.05, 0) is 32.5 Å². The predicted molar refractivity (Wildman–Crippen MR) is 57.2 cm³/mol. The number of aryl methyl sites for hydroxylation is 1. The molecule has 1 N–H and O–H groups in total. The molecule has 1 aromatic rings. The second kappa shape index (κ2) is 5.39. The second-order valence-corrected chi connectivity index (χ2v) is 3.86. The van der Waals surface area contributed by atoms with E-state index in [2.05, 4.69) is 5.32 Å². The Bertz CT molecular complexity index is 317. The summed E-state index contributed by atoms with van der Waals surface area (Å²) >= 11 is 0. The average molecular weight is 234 g/mol. The number of halogens is 3. The minimum absolute atomic E-state index is 0.127. The largest absolute Gasteiger partial charge is 0.389 e. The third-order valence-corrected chi connectivity index (χ3v) is 2.60. The maximum Gasteiger partial charge on any atom is 0.389 e. The van der Waals surface area contributed by atoms with Crippen LogP contribution in [-0.2, 0) is 6.54 Å². The van der Waals surface area contributed by atoms with Gasteiger partial charge in [0.2, 0.25) is 0 Å². The minimum Gasteiger partial charge on any atom is -0.350 e. The summed E-state index contributed by atoms with van der Waals surface area (Å²) in [6.07, 6.45) is -2.83. The molecule has 0 bridgehead atoms. The van der Waals surface area contributed by atoms with Gasteiger partial charge in [0.25, 0.3) is 0 Å². The Balaban J connectivity index is 2.51. The van der Waals surface area contributed by atoms with Crippen LogP contribution in [0.3, 0.4) is 0 Å². The molecule has 0 aromatic carbocycles. The molecule has 0 amide bonds. The average Bonchev–Trinajstić information content (AvgIpc) is 2.63. The molecular formula is C11H17F3N2. The second-order valence-electron chi connectivity index (χ2n) is 3.86. The van der Waals surface area contributed by atoms with Crippen molar-refractivity contribution >= 4 is 0 Å². The normalized spacial score (nSPS) is 14.1. The van der Waals surface area contributed by atoms with Crippen molar-refractivity contribution in [2.75, 3.05) is 7.05 Å². The first kappa shape index (κ1) is 13.1. The molecule has 0 aliphatic carbocycles. The first-order chi connectivity index (χ1) is 7.44. The maximum absolute atomic E-state index is 12.0. The van der Waals surface area contributed by atoms with Crippen LogP contribution < -0.4 is 5.32 Å². The first-order valence-corrected chi connectivity index (χ1v) is 5.33. The van der Waals surface area contributed by atoms with Crippen LogP contribution in [0.4, 0.5) is 13.2 Å². The zero-order valence-electron chi connectivity index (χ0n) is 9.51. The first-order valence-electron chi connectivity index (χ1n) is 5.33. The van der Waals surface area contributed by atoms with Crippen LogP contribution in [0.15, 0.2) is 18.3 Å². The molecule has 1 atom stereocenters. The molecule has 92 valence electrons. The van der Waals surface area contributed by atoms with Crippen LogP contribution in [0.5, 0.6) is 0 Å². The Kier molecular flexibility index (Phi) is 4.41. The van der Waals surface area contributed by atoms with Crippen LogP contribution in [0.2, 0.25) is 0 Å². The molecule has 0 radical (unpaired) electrons. The van der Waals surface area contributed by atoms with Gasteiger partial charge in [-0.1, -0.05) is 0 Å². The molecule has 0 aliphatic heterocycles. The van der Waals surface area contributed by atoms with E-state index in [1.165, 1.54) is 0 Å². The molecule has 0 fully saturated rings. The Hall–Kier alpha value is -0.970. The lowest BCUT2D eigenvalue weighted by Crippen LogP contribution is -2.17. The monoisotopic (exact) mass is 234 g/mol. The van der Waals surface area contributed by atoms with Gasteiger partial charge in [0, 0.05) is 30.9 Å². The standard InChI is InChI=1S/C11H17F3N2/c1-9(15-2)10-5-3-7-16(10)8-4-6-11(12,13)14/h3,5,7,9,15H,4,6,8H2,1-2H3. The molecule has 1 heterocycles. The zero-order chi connectivity index (χ0) is 12.2. The lowest BCUT2D eigenvalue weighted by Gasteiger charge is -2.15. The number of alkyl halides is 3. The zero-order valence-corrected chi connectivity index (χ0v) is 9.51. The molecule has 0 spiro atoms. The van der Waals surface area contributed by atoms with E-state index in [4.69, 9.17) is 0 Å². The molecule has 0 saturated carbocycles. The van der Waals surface area contributed by atoms with Crippen molar-refractivity contribution in [2.45, 2.75) is 38.5 Å². The van der Waals surface area contributed by atoms with Gasteiger partial charge in [-0.25, -0.2) is 0 Å². The van der Waals surface area contributed by atoms with Gasteiger partial charge < -0.3 is 9.88 Å². The Morgan fingerprint density at radius 1 is 1.44 bits per heavy atom. The fourth-order valence-corrected chi connectivity index (χ4v) is 1.62. The summed E-state index contributed by atoms with van der Waals surface area (Å²) in [4.78, 5) is 0. The minimum atomic E-state index is -4.05. The lowest BCUT2D eigenvalue weighted by molar-refractivity contribution is -0.135. The highest BCUT2D eigenvalue weighted by molar-refractivity contribution is 5.11. The number of hydrogen-bond donors (Lipinski definition) is 1. The van der Waals surface area contributed by atoms with E-state index in [-0.39, 0.29) is 12.5 Å². The summed E-state index contributed by atoms with van der Waals surface area (Å²) in [7, 11) is 1.83. The maximum atomic E-state index is 12.0. The number of aromatic nitrogens is 1. The summed E-state index contributed by atoms with van der Waals surface area (Å²) in [6, 6.07) is 3.94. The van der Waals surface area contributed by atoms with Crippen molar-refractivity contribution in [3.63, 3.8) is 0 Å². The Labute approximate surface area is 93.5 Å². The molecule has 1 unspecified atom stereocenters. The molecule has 2 nitrogen and oxygen atoms in total. The SMILES string of the molecule is CNC(C)c1cccn1CCCC(F)(F)F. The molecule has 0 aliphatic rings. The summed E-state index contributed by atoms with van der Waals surface area (Å²) in [5, 5.41) is 3.07. The molecule has 16 heavy (non-hydrogen) atoms. The van der Waals surface area contributed by atoms with Gasteiger partial charge in [-0.2, -0.15) is 13.2 Å². The van der Waals surface area contributed by atoms with Gasteiger partial charge in [0.15, 0.2) is 0 Å².